The van der Waals surface area contributed by atoms with E-state index >= 15 is 0 Å². The van der Waals surface area contributed by atoms with Crippen LogP contribution < -0.4 is 0 Å². The predicted octanol–water partition coefficient (Wildman–Crippen LogP) is 3.17. The van der Waals surface area contributed by atoms with Crippen LogP contribution in [-0.2, 0) is 11.2 Å². The highest BCUT2D eigenvalue weighted by Gasteiger charge is 2.24. The molecule has 0 radical (unpaired) electrons. The lowest BCUT2D eigenvalue weighted by molar-refractivity contribution is 0.192. The maximum atomic E-state index is 5.41. The monoisotopic (exact) mass is 264 g/mol. The Hall–Kier alpha value is -1.20. The molecular formula is C13H16N2O2S. The first kappa shape index (κ1) is 11.9. The topological polar surface area (TPSA) is 48.2 Å². The van der Waals surface area contributed by atoms with Gasteiger partial charge in [0, 0.05) is 22.8 Å². The molecule has 1 fully saturated rings. The van der Waals surface area contributed by atoms with Crippen LogP contribution in [0, 0.1) is 6.92 Å². The number of ether oxygens (including phenoxy) is 1. The van der Waals surface area contributed by atoms with Crippen LogP contribution in [0.25, 0.3) is 11.5 Å². The number of thiophene rings is 1. The first-order chi connectivity index (χ1) is 8.79. The van der Waals surface area contributed by atoms with Gasteiger partial charge in [0.1, 0.15) is 0 Å². The van der Waals surface area contributed by atoms with Crippen molar-refractivity contribution >= 4 is 11.3 Å². The van der Waals surface area contributed by atoms with Crippen molar-refractivity contribution in [2.24, 2.45) is 0 Å². The van der Waals surface area contributed by atoms with E-state index in [1.165, 1.54) is 10.4 Å². The molecule has 0 saturated carbocycles. The second kappa shape index (κ2) is 4.82. The third kappa shape index (κ3) is 1.97. The number of rotatable bonds is 3. The Balaban J connectivity index is 1.92. The largest absolute Gasteiger partial charge is 0.381 e. The summed E-state index contributed by atoms with van der Waals surface area (Å²) in [6.07, 6.45) is 1.98. The summed E-state index contributed by atoms with van der Waals surface area (Å²) in [5, 5.41) is 6.21. The van der Waals surface area contributed by atoms with Crippen molar-refractivity contribution in [3.63, 3.8) is 0 Å². The van der Waals surface area contributed by atoms with Crippen molar-refractivity contribution in [2.75, 3.05) is 13.2 Å². The van der Waals surface area contributed by atoms with E-state index in [-0.39, 0.29) is 0 Å². The summed E-state index contributed by atoms with van der Waals surface area (Å²) >= 11 is 1.74. The molecule has 0 bridgehead atoms. The third-order valence-electron chi connectivity index (χ3n) is 3.42. The van der Waals surface area contributed by atoms with Gasteiger partial charge >= 0.3 is 0 Å². The predicted molar refractivity (Wildman–Crippen MR) is 69.9 cm³/mol. The van der Waals surface area contributed by atoms with Gasteiger partial charge in [0.2, 0.25) is 0 Å². The lowest BCUT2D eigenvalue weighted by atomic mass is 10.1. The van der Waals surface area contributed by atoms with Crippen LogP contribution in [-0.4, -0.2) is 23.4 Å². The number of nitrogens with zero attached hydrogens (tertiary/aromatic N) is 2. The molecule has 18 heavy (non-hydrogen) atoms. The first-order valence-electron chi connectivity index (χ1n) is 6.28. The second-order valence-electron chi connectivity index (χ2n) is 4.56. The first-order valence-corrected chi connectivity index (χ1v) is 7.16. The molecule has 0 aliphatic carbocycles. The summed E-state index contributed by atoms with van der Waals surface area (Å²) in [5.74, 6) is 1.74. The molecule has 1 aliphatic rings. The molecule has 3 rings (SSSR count). The third-order valence-corrected chi connectivity index (χ3v) is 4.38. The molecule has 0 unspecified atom stereocenters. The van der Waals surface area contributed by atoms with Gasteiger partial charge in [-0.1, -0.05) is 12.1 Å². The van der Waals surface area contributed by atoms with Crippen molar-refractivity contribution < 1.29 is 9.26 Å². The van der Waals surface area contributed by atoms with Gasteiger partial charge in [-0.15, -0.1) is 11.3 Å². The van der Waals surface area contributed by atoms with Crippen LogP contribution in [0.5, 0.6) is 0 Å². The summed E-state index contributed by atoms with van der Waals surface area (Å²) in [5.41, 5.74) is 2.41. The molecule has 2 aromatic heterocycles. The smallest absolute Gasteiger partial charge is 0.259 e. The highest BCUT2D eigenvalue weighted by molar-refractivity contribution is 7.10. The van der Waals surface area contributed by atoms with Crippen LogP contribution in [0.1, 0.15) is 35.5 Å². The molecule has 5 heteroatoms. The Kier molecular flexibility index (Phi) is 3.18. The molecule has 0 spiro atoms. The van der Waals surface area contributed by atoms with E-state index in [0.717, 1.165) is 30.8 Å². The maximum absolute atomic E-state index is 5.41. The van der Waals surface area contributed by atoms with Gasteiger partial charge in [-0.2, -0.15) is 4.98 Å². The Morgan fingerprint density at radius 1 is 1.50 bits per heavy atom. The Bertz CT molecular complexity index is 541. The van der Waals surface area contributed by atoms with E-state index in [0.29, 0.717) is 18.4 Å². The van der Waals surface area contributed by atoms with Crippen molar-refractivity contribution in [3.8, 4) is 11.5 Å². The van der Waals surface area contributed by atoms with Crippen LogP contribution in [0.4, 0.5) is 0 Å². The fraction of sp³-hybridized carbons (Fsp3) is 0.538. The van der Waals surface area contributed by atoms with Crippen LogP contribution in [0.3, 0.4) is 0 Å². The normalized spacial score (nSPS) is 19.6. The van der Waals surface area contributed by atoms with Crippen LogP contribution in [0.15, 0.2) is 9.90 Å². The summed E-state index contributed by atoms with van der Waals surface area (Å²) < 4.78 is 10.8. The highest BCUT2D eigenvalue weighted by atomic mass is 32.1. The Labute approximate surface area is 110 Å². The van der Waals surface area contributed by atoms with E-state index in [9.17, 15) is 0 Å². The molecule has 2 aromatic rings. The average molecular weight is 264 g/mol. The molecule has 1 atom stereocenters. The fourth-order valence-corrected chi connectivity index (χ4v) is 3.28. The highest BCUT2D eigenvalue weighted by Crippen LogP contribution is 2.32. The number of aromatic nitrogens is 2. The van der Waals surface area contributed by atoms with Crippen LogP contribution >= 0.6 is 11.3 Å². The molecular weight excluding hydrogens is 248 g/mol. The Morgan fingerprint density at radius 3 is 3.11 bits per heavy atom. The number of hydrogen-bond acceptors (Lipinski definition) is 5. The minimum atomic E-state index is 0.298. The van der Waals surface area contributed by atoms with E-state index in [2.05, 4.69) is 29.4 Å². The van der Waals surface area contributed by atoms with Gasteiger partial charge < -0.3 is 9.26 Å². The van der Waals surface area contributed by atoms with Gasteiger partial charge in [-0.05, 0) is 25.3 Å². The molecule has 1 aliphatic heterocycles. The number of hydrogen-bond donors (Lipinski definition) is 0. The van der Waals surface area contributed by atoms with Gasteiger partial charge in [-0.3, -0.25) is 0 Å². The van der Waals surface area contributed by atoms with Crippen LogP contribution in [0.2, 0.25) is 0 Å². The van der Waals surface area contributed by atoms with Gasteiger partial charge in [-0.25, -0.2) is 0 Å². The Morgan fingerprint density at radius 2 is 2.39 bits per heavy atom. The molecule has 3 heterocycles. The zero-order valence-corrected chi connectivity index (χ0v) is 11.4. The van der Waals surface area contributed by atoms with Gasteiger partial charge in [0.05, 0.1) is 12.2 Å². The molecule has 0 amide bonds. The van der Waals surface area contributed by atoms with Crippen molar-refractivity contribution in [2.45, 2.75) is 32.6 Å². The summed E-state index contributed by atoms with van der Waals surface area (Å²) in [4.78, 5) is 5.86. The number of aryl methyl sites for hydroxylation is 1. The van der Waals surface area contributed by atoms with Gasteiger partial charge in [0.15, 0.2) is 5.82 Å². The second-order valence-corrected chi connectivity index (χ2v) is 5.64. The molecule has 0 aromatic carbocycles. The fourth-order valence-electron chi connectivity index (χ4n) is 2.35. The minimum absolute atomic E-state index is 0.298. The van der Waals surface area contributed by atoms with Crippen molar-refractivity contribution in [3.05, 3.63) is 21.6 Å². The molecule has 0 N–H and O–H groups in total. The minimum Gasteiger partial charge on any atom is -0.381 e. The lowest BCUT2D eigenvalue weighted by Gasteiger charge is -1.98. The quantitative estimate of drug-likeness (QED) is 0.854. The van der Waals surface area contributed by atoms with E-state index < -0.39 is 0 Å². The van der Waals surface area contributed by atoms with E-state index in [4.69, 9.17) is 9.26 Å². The molecule has 1 saturated heterocycles. The molecule has 96 valence electrons. The SMILES string of the molecule is CCc1c(-c2nc([C@H]3CCOC3)no2)csc1C. The zero-order valence-electron chi connectivity index (χ0n) is 10.6. The zero-order chi connectivity index (χ0) is 12.5. The van der Waals surface area contributed by atoms with E-state index in [1.54, 1.807) is 11.3 Å². The van der Waals surface area contributed by atoms with E-state index in [1.807, 2.05) is 0 Å². The van der Waals surface area contributed by atoms with Gasteiger partial charge in [0.25, 0.3) is 5.89 Å². The average Bonchev–Trinajstić information content (AvgIpc) is 3.08. The van der Waals surface area contributed by atoms with Crippen molar-refractivity contribution in [1.82, 2.24) is 10.1 Å². The van der Waals surface area contributed by atoms with Crippen molar-refractivity contribution in [1.29, 1.82) is 0 Å². The summed E-state index contributed by atoms with van der Waals surface area (Å²) in [6.45, 7) is 5.80. The summed E-state index contributed by atoms with van der Waals surface area (Å²) in [6, 6.07) is 0. The lowest BCUT2D eigenvalue weighted by Crippen LogP contribution is -1.99. The maximum Gasteiger partial charge on any atom is 0.259 e. The molecule has 4 nitrogen and oxygen atoms in total. The summed E-state index contributed by atoms with van der Waals surface area (Å²) in [7, 11) is 0. The standard InChI is InChI=1S/C13H16N2O2S/c1-3-10-8(2)18-7-11(10)13-14-12(15-17-13)9-4-5-16-6-9/h7,9H,3-6H2,1-2H3/t9-/m0/s1.